The second kappa shape index (κ2) is 2.03. The highest BCUT2D eigenvalue weighted by atomic mass is 16.3. The van der Waals surface area contributed by atoms with Gasteiger partial charge < -0.3 is 10.8 Å². The van der Waals surface area contributed by atoms with E-state index in [1.165, 1.54) is 12.8 Å². The minimum absolute atomic E-state index is 0.0394. The summed E-state index contributed by atoms with van der Waals surface area (Å²) < 4.78 is 0. The molecule has 0 aromatic rings. The van der Waals surface area contributed by atoms with Crippen molar-refractivity contribution >= 4 is 0 Å². The van der Waals surface area contributed by atoms with Crippen molar-refractivity contribution in [3.63, 3.8) is 0 Å². The maximum Gasteiger partial charge on any atom is 0.0716 e. The molecule has 1 saturated carbocycles. The van der Waals surface area contributed by atoms with Crippen molar-refractivity contribution in [1.29, 1.82) is 0 Å². The molecule has 0 aromatic carbocycles. The first-order valence-corrected chi connectivity index (χ1v) is 3.15. The van der Waals surface area contributed by atoms with Crippen LogP contribution in [0, 0.1) is 5.92 Å². The van der Waals surface area contributed by atoms with Crippen molar-refractivity contribution in [2.24, 2.45) is 11.7 Å². The van der Waals surface area contributed by atoms with Gasteiger partial charge in [-0.2, -0.15) is 0 Å². The molecule has 2 nitrogen and oxygen atoms in total. The van der Waals surface area contributed by atoms with E-state index >= 15 is 0 Å². The molecule has 0 unspecified atom stereocenters. The van der Waals surface area contributed by atoms with E-state index < -0.39 is 0 Å². The Balaban J connectivity index is 2.22. The van der Waals surface area contributed by atoms with Crippen molar-refractivity contribution in [3.05, 3.63) is 0 Å². The van der Waals surface area contributed by atoms with Crippen LogP contribution in [-0.2, 0) is 0 Å². The predicted octanol–water partition coefficient (Wildman–Crippen LogP) is 0.104. The van der Waals surface area contributed by atoms with Crippen LogP contribution < -0.4 is 5.73 Å². The molecule has 1 aliphatic carbocycles. The topological polar surface area (TPSA) is 46.2 Å². The van der Waals surface area contributed by atoms with Gasteiger partial charge in [0.1, 0.15) is 0 Å². The summed E-state index contributed by atoms with van der Waals surface area (Å²) in [5.41, 5.74) is 5.43. The lowest BCUT2D eigenvalue weighted by Gasteiger charge is -2.11. The van der Waals surface area contributed by atoms with E-state index in [4.69, 9.17) is 10.8 Å². The van der Waals surface area contributed by atoms with E-state index in [1.807, 2.05) is 6.92 Å². The standard InChI is InChI=1S/C6H13NO/c1-4(7)6(8)5-2-3-5/h4-6,8H,2-3,7H2,1H3/t4-,6+/m1/s1. The Kier molecular flexibility index (Phi) is 1.54. The highest BCUT2D eigenvalue weighted by molar-refractivity contribution is 4.85. The molecule has 1 rings (SSSR count). The third-order valence-electron chi connectivity index (χ3n) is 1.64. The Morgan fingerprint density at radius 1 is 1.62 bits per heavy atom. The zero-order valence-corrected chi connectivity index (χ0v) is 5.17. The fourth-order valence-electron chi connectivity index (χ4n) is 0.867. The van der Waals surface area contributed by atoms with Crippen LogP contribution in [0.1, 0.15) is 19.8 Å². The van der Waals surface area contributed by atoms with Gasteiger partial charge in [-0.05, 0) is 25.7 Å². The minimum atomic E-state index is -0.241. The van der Waals surface area contributed by atoms with Crippen molar-refractivity contribution in [3.8, 4) is 0 Å². The second-order valence-corrected chi connectivity index (χ2v) is 2.69. The van der Waals surface area contributed by atoms with Crippen LogP contribution in [-0.4, -0.2) is 17.3 Å². The smallest absolute Gasteiger partial charge is 0.0716 e. The van der Waals surface area contributed by atoms with E-state index in [1.54, 1.807) is 0 Å². The maximum atomic E-state index is 9.14. The molecule has 0 aromatic heterocycles. The van der Waals surface area contributed by atoms with Crippen LogP contribution >= 0.6 is 0 Å². The lowest BCUT2D eigenvalue weighted by atomic mass is 10.1. The Morgan fingerprint density at radius 2 is 2.12 bits per heavy atom. The van der Waals surface area contributed by atoms with Crippen LogP contribution in [0.15, 0.2) is 0 Å². The molecule has 2 atom stereocenters. The Hall–Kier alpha value is -0.0800. The monoisotopic (exact) mass is 115 g/mol. The van der Waals surface area contributed by atoms with Gasteiger partial charge in [-0.15, -0.1) is 0 Å². The number of rotatable bonds is 2. The Morgan fingerprint density at radius 3 is 2.25 bits per heavy atom. The van der Waals surface area contributed by atoms with Gasteiger partial charge in [0.05, 0.1) is 6.10 Å². The average molecular weight is 115 g/mol. The van der Waals surface area contributed by atoms with Gasteiger partial charge in [0.2, 0.25) is 0 Å². The molecule has 1 aliphatic rings. The van der Waals surface area contributed by atoms with E-state index in [0.717, 1.165) is 0 Å². The van der Waals surface area contributed by atoms with Gasteiger partial charge in [0, 0.05) is 6.04 Å². The third kappa shape index (κ3) is 1.20. The van der Waals surface area contributed by atoms with Gasteiger partial charge >= 0.3 is 0 Å². The SMILES string of the molecule is C[C@@H](N)[C@H](O)C1CC1. The molecule has 0 aliphatic heterocycles. The first-order valence-electron chi connectivity index (χ1n) is 3.15. The van der Waals surface area contributed by atoms with Crippen LogP contribution in [0.4, 0.5) is 0 Å². The molecular formula is C6H13NO. The summed E-state index contributed by atoms with van der Waals surface area (Å²) >= 11 is 0. The van der Waals surface area contributed by atoms with Gasteiger partial charge in [-0.1, -0.05) is 0 Å². The number of nitrogens with two attached hydrogens (primary N) is 1. The highest BCUT2D eigenvalue weighted by Gasteiger charge is 2.31. The number of aliphatic hydroxyl groups is 1. The zero-order chi connectivity index (χ0) is 6.15. The summed E-state index contributed by atoms with van der Waals surface area (Å²) in [6.45, 7) is 1.85. The minimum Gasteiger partial charge on any atom is -0.391 e. The Bertz CT molecular complexity index is 76.6. The van der Waals surface area contributed by atoms with Gasteiger partial charge in [-0.3, -0.25) is 0 Å². The molecular weight excluding hydrogens is 102 g/mol. The first kappa shape index (κ1) is 6.05. The van der Waals surface area contributed by atoms with Crippen molar-refractivity contribution in [2.75, 3.05) is 0 Å². The summed E-state index contributed by atoms with van der Waals surface area (Å²) in [7, 11) is 0. The van der Waals surface area contributed by atoms with Crippen molar-refractivity contribution in [1.82, 2.24) is 0 Å². The van der Waals surface area contributed by atoms with Crippen LogP contribution in [0.2, 0.25) is 0 Å². The first-order chi connectivity index (χ1) is 3.72. The molecule has 0 heterocycles. The van der Waals surface area contributed by atoms with E-state index in [2.05, 4.69) is 0 Å². The summed E-state index contributed by atoms with van der Waals surface area (Å²) in [5.74, 6) is 0.523. The van der Waals surface area contributed by atoms with Gasteiger partial charge in [0.15, 0.2) is 0 Å². The summed E-state index contributed by atoms with van der Waals surface area (Å²) in [6.07, 6.45) is 2.10. The zero-order valence-electron chi connectivity index (χ0n) is 5.17. The lowest BCUT2D eigenvalue weighted by Crippen LogP contribution is -2.32. The summed E-state index contributed by atoms with van der Waals surface area (Å²) in [5, 5.41) is 9.14. The molecule has 2 heteroatoms. The van der Waals surface area contributed by atoms with Crippen LogP contribution in [0.3, 0.4) is 0 Å². The fraction of sp³-hybridized carbons (Fsp3) is 1.00. The maximum absolute atomic E-state index is 9.14. The molecule has 0 radical (unpaired) electrons. The summed E-state index contributed by atoms with van der Waals surface area (Å²) in [6, 6.07) is -0.0394. The Labute approximate surface area is 49.7 Å². The fourth-order valence-corrected chi connectivity index (χ4v) is 0.867. The molecule has 48 valence electrons. The lowest BCUT2D eigenvalue weighted by molar-refractivity contribution is 0.128. The molecule has 1 fully saturated rings. The number of hydrogen-bond donors (Lipinski definition) is 2. The number of aliphatic hydroxyl groups excluding tert-OH is 1. The van der Waals surface area contributed by atoms with Crippen molar-refractivity contribution < 1.29 is 5.11 Å². The molecule has 8 heavy (non-hydrogen) atoms. The second-order valence-electron chi connectivity index (χ2n) is 2.69. The molecule has 0 saturated heterocycles. The number of hydrogen-bond acceptors (Lipinski definition) is 2. The summed E-state index contributed by atoms with van der Waals surface area (Å²) in [4.78, 5) is 0. The third-order valence-corrected chi connectivity index (χ3v) is 1.64. The van der Waals surface area contributed by atoms with Gasteiger partial charge in [-0.25, -0.2) is 0 Å². The quantitative estimate of drug-likeness (QED) is 0.536. The highest BCUT2D eigenvalue weighted by Crippen LogP contribution is 2.33. The average Bonchev–Trinajstić information content (AvgIpc) is 2.43. The largest absolute Gasteiger partial charge is 0.391 e. The van der Waals surface area contributed by atoms with Crippen LogP contribution in [0.25, 0.3) is 0 Å². The van der Waals surface area contributed by atoms with E-state index in [-0.39, 0.29) is 12.1 Å². The normalized spacial score (nSPS) is 27.4. The molecule has 0 amide bonds. The van der Waals surface area contributed by atoms with Crippen LogP contribution in [0.5, 0.6) is 0 Å². The molecule has 0 spiro atoms. The predicted molar refractivity (Wildman–Crippen MR) is 32.4 cm³/mol. The van der Waals surface area contributed by atoms with E-state index in [0.29, 0.717) is 5.92 Å². The molecule has 3 N–H and O–H groups in total. The van der Waals surface area contributed by atoms with E-state index in [9.17, 15) is 0 Å². The molecule has 0 bridgehead atoms. The van der Waals surface area contributed by atoms with Gasteiger partial charge in [0.25, 0.3) is 0 Å². The van der Waals surface area contributed by atoms with Crippen molar-refractivity contribution in [2.45, 2.75) is 31.9 Å².